The van der Waals surface area contributed by atoms with Crippen LogP contribution in [0, 0.1) is 23.7 Å². The van der Waals surface area contributed by atoms with E-state index in [2.05, 4.69) is 104 Å². The van der Waals surface area contributed by atoms with Crippen molar-refractivity contribution in [2.45, 2.75) is 77.5 Å². The Labute approximate surface area is 276 Å². The van der Waals surface area contributed by atoms with Gasteiger partial charge in [-0.25, -0.2) is 0 Å². The number of nitrogens with zero attached hydrogens (tertiary/aromatic N) is 1. The molecule has 47 heavy (non-hydrogen) atoms. The first-order valence-corrected chi connectivity index (χ1v) is 17.6. The molecule has 2 aliphatic heterocycles. The van der Waals surface area contributed by atoms with Crippen LogP contribution in [0.15, 0.2) is 71.4 Å². The molecule has 3 N–H and O–H groups in total. The van der Waals surface area contributed by atoms with Crippen LogP contribution >= 0.6 is 0 Å². The Morgan fingerprint density at radius 1 is 0.702 bits per heavy atom. The molecule has 6 nitrogen and oxygen atoms in total. The normalized spacial score (nSPS) is 32.1. The third kappa shape index (κ3) is 4.29. The van der Waals surface area contributed by atoms with Gasteiger partial charge in [0.2, 0.25) is 5.78 Å². The molecule has 0 bridgehead atoms. The third-order valence-electron chi connectivity index (χ3n) is 11.5. The number of ether oxygens (including phenoxy) is 1. The van der Waals surface area contributed by atoms with Gasteiger partial charge in [-0.3, -0.25) is 9.79 Å². The summed E-state index contributed by atoms with van der Waals surface area (Å²) in [6.45, 7) is 9.38. The third-order valence-corrected chi connectivity index (χ3v) is 11.5. The molecule has 2 saturated carbocycles. The molecule has 4 aromatic rings. The van der Waals surface area contributed by atoms with Crippen LogP contribution in [0.2, 0.25) is 0 Å². The lowest BCUT2D eigenvalue weighted by atomic mass is 9.74. The number of Topliss-reactive ketones (excluding diaryl/α,β-unsaturated/α-hetero) is 1. The van der Waals surface area contributed by atoms with Crippen LogP contribution in [0.1, 0.15) is 71.8 Å². The molecule has 2 spiro atoms. The van der Waals surface area contributed by atoms with Crippen molar-refractivity contribution in [2.75, 3.05) is 23.1 Å². The number of allylic oxidation sites excluding steroid dienone is 2. The van der Waals surface area contributed by atoms with Crippen molar-refractivity contribution in [1.29, 1.82) is 0 Å². The van der Waals surface area contributed by atoms with Crippen molar-refractivity contribution in [3.05, 3.63) is 82.6 Å². The molecule has 0 amide bonds. The molecule has 4 aromatic carbocycles. The Hall–Kier alpha value is -4.32. The molecule has 0 radical (unpaired) electrons. The summed E-state index contributed by atoms with van der Waals surface area (Å²) < 4.78 is 6.17. The Morgan fingerprint density at radius 2 is 1.32 bits per heavy atom. The fraction of sp³-hybridized carbons (Fsp3) is 0.415. The quantitative estimate of drug-likeness (QED) is 0.211. The molecule has 4 unspecified atom stereocenters. The van der Waals surface area contributed by atoms with E-state index in [1.807, 2.05) is 0 Å². The van der Waals surface area contributed by atoms with Crippen LogP contribution in [-0.2, 0) is 9.53 Å². The molecule has 2 fully saturated rings. The number of rotatable bonds is 2. The summed E-state index contributed by atoms with van der Waals surface area (Å²) in [4.78, 5) is 20.2. The number of methoxy groups -OCH3 is 1. The molecule has 9 rings (SSSR count). The molecule has 6 heteroatoms. The summed E-state index contributed by atoms with van der Waals surface area (Å²) in [5.74, 6) is 3.00. The largest absolute Gasteiger partial charge is 0.495 e. The van der Waals surface area contributed by atoms with Gasteiger partial charge in [-0.05, 0) is 85.1 Å². The molecule has 4 atom stereocenters. The number of benzene rings is 4. The van der Waals surface area contributed by atoms with Gasteiger partial charge in [-0.2, -0.15) is 0 Å². The standard InChI is InChI=1S/C41H44N4O2/c1-22-16-23(2)19-40(18-22)42-30-10-6-8-26-12-14-28(36(44-40)32(26)30)34-38(46)35(39(34)47-5)29-15-13-27-9-7-11-31-33(27)37(29)45-41(43-31)20-24(3)17-25(4)21-41/h6-15,22-25,42-44H,16-21H2,1-5H3. The van der Waals surface area contributed by atoms with Crippen LogP contribution in [0.3, 0.4) is 0 Å². The molecule has 5 aliphatic rings. The average Bonchev–Trinajstić information content (AvgIpc) is 3.00. The lowest BCUT2D eigenvalue weighted by Crippen LogP contribution is -2.53. The van der Waals surface area contributed by atoms with E-state index in [-0.39, 0.29) is 17.1 Å². The topological polar surface area (TPSA) is 74.8 Å². The first-order valence-electron chi connectivity index (χ1n) is 17.6. The monoisotopic (exact) mass is 624 g/mol. The second-order valence-electron chi connectivity index (χ2n) is 15.7. The number of nitrogens with one attached hydrogen (secondary N) is 3. The summed E-state index contributed by atoms with van der Waals surface area (Å²) in [6, 6.07) is 21.4. The molecule has 2 heterocycles. The van der Waals surface area contributed by atoms with Crippen molar-refractivity contribution in [2.24, 2.45) is 28.7 Å². The minimum absolute atomic E-state index is 0.0240. The van der Waals surface area contributed by atoms with Gasteiger partial charge in [0, 0.05) is 32.9 Å². The minimum Gasteiger partial charge on any atom is -0.495 e. The highest BCUT2D eigenvalue weighted by Crippen LogP contribution is 2.50. The van der Waals surface area contributed by atoms with Crippen molar-refractivity contribution >= 4 is 55.5 Å². The number of hydrogen-bond acceptors (Lipinski definition) is 6. The van der Waals surface area contributed by atoms with Gasteiger partial charge in [0.1, 0.15) is 17.1 Å². The number of hydrogen-bond donors (Lipinski definition) is 3. The van der Waals surface area contributed by atoms with Gasteiger partial charge in [0.15, 0.2) is 0 Å². The summed E-state index contributed by atoms with van der Waals surface area (Å²) in [5, 5.41) is 18.1. The van der Waals surface area contributed by atoms with Crippen molar-refractivity contribution < 1.29 is 9.53 Å². The smallest absolute Gasteiger partial charge is 0.201 e. The maximum atomic E-state index is 14.6. The second kappa shape index (κ2) is 10.1. The van der Waals surface area contributed by atoms with Crippen LogP contribution in [-0.4, -0.2) is 24.2 Å². The lowest BCUT2D eigenvalue weighted by molar-refractivity contribution is -0.110. The maximum absolute atomic E-state index is 14.6. The fourth-order valence-corrected chi connectivity index (χ4v) is 10.3. The number of anilines is 3. The zero-order chi connectivity index (χ0) is 32.2. The zero-order valence-electron chi connectivity index (χ0n) is 28.1. The maximum Gasteiger partial charge on any atom is 0.201 e. The fourth-order valence-electron chi connectivity index (χ4n) is 10.3. The van der Waals surface area contributed by atoms with Gasteiger partial charge in [-0.15, -0.1) is 0 Å². The van der Waals surface area contributed by atoms with E-state index in [4.69, 9.17) is 9.73 Å². The van der Waals surface area contributed by atoms with E-state index >= 15 is 0 Å². The Bertz CT molecular complexity index is 2160. The van der Waals surface area contributed by atoms with Crippen LogP contribution < -0.4 is 26.5 Å². The zero-order valence-corrected chi connectivity index (χ0v) is 28.1. The Kier molecular flexibility index (Phi) is 6.20. The Balaban J connectivity index is 1.27. The number of ketones is 1. The molecule has 3 aliphatic carbocycles. The van der Waals surface area contributed by atoms with Crippen LogP contribution in [0.5, 0.6) is 0 Å². The highest BCUT2D eigenvalue weighted by molar-refractivity contribution is 6.52. The summed E-state index contributed by atoms with van der Waals surface area (Å²) >= 11 is 0. The van der Waals surface area contributed by atoms with Crippen LogP contribution in [0.25, 0.3) is 32.7 Å². The minimum atomic E-state index is -0.375. The predicted molar refractivity (Wildman–Crippen MR) is 192 cm³/mol. The highest BCUT2D eigenvalue weighted by atomic mass is 16.5. The van der Waals surface area contributed by atoms with Gasteiger partial charge in [0.25, 0.3) is 0 Å². The molecule has 0 aromatic heterocycles. The van der Waals surface area contributed by atoms with E-state index in [9.17, 15) is 4.79 Å². The van der Waals surface area contributed by atoms with E-state index in [0.717, 1.165) is 80.4 Å². The summed E-state index contributed by atoms with van der Waals surface area (Å²) in [6.07, 6.45) is 6.45. The van der Waals surface area contributed by atoms with Crippen molar-refractivity contribution in [3.8, 4) is 0 Å². The molecule has 0 saturated heterocycles. The van der Waals surface area contributed by atoms with Crippen molar-refractivity contribution in [1.82, 2.24) is 0 Å². The SMILES string of the molecule is COC1=C(c2ccc3cccc4c3c2NC2(CC(C)CC(C)C2)N4)C(=O)C1=c1ccc2cccc3c2c1=NC1(CC(C)CC(C)C1)N3. The van der Waals surface area contributed by atoms with E-state index in [1.165, 1.54) is 12.8 Å². The Morgan fingerprint density at radius 3 is 2.00 bits per heavy atom. The number of carbonyl (C=O) groups is 1. The van der Waals surface area contributed by atoms with E-state index < -0.39 is 0 Å². The van der Waals surface area contributed by atoms with Gasteiger partial charge in [0.05, 0.1) is 29.3 Å². The molecular weight excluding hydrogens is 580 g/mol. The lowest BCUT2D eigenvalue weighted by Gasteiger charge is -2.48. The highest BCUT2D eigenvalue weighted by Gasteiger charge is 2.45. The van der Waals surface area contributed by atoms with Crippen LogP contribution in [0.4, 0.5) is 17.1 Å². The summed E-state index contributed by atoms with van der Waals surface area (Å²) in [5.41, 5.74) is 4.85. The van der Waals surface area contributed by atoms with E-state index in [0.29, 0.717) is 40.6 Å². The van der Waals surface area contributed by atoms with Gasteiger partial charge in [-0.1, -0.05) is 76.2 Å². The number of carbonyl (C=O) groups excluding carboxylic acids is 1. The van der Waals surface area contributed by atoms with Crippen molar-refractivity contribution in [3.63, 3.8) is 0 Å². The summed E-state index contributed by atoms with van der Waals surface area (Å²) in [7, 11) is 1.70. The van der Waals surface area contributed by atoms with Gasteiger partial charge >= 0.3 is 0 Å². The first kappa shape index (κ1) is 28.9. The second-order valence-corrected chi connectivity index (χ2v) is 15.7. The van der Waals surface area contributed by atoms with Gasteiger partial charge < -0.3 is 20.7 Å². The average molecular weight is 625 g/mol. The van der Waals surface area contributed by atoms with E-state index in [1.54, 1.807) is 7.11 Å². The first-order chi connectivity index (χ1) is 22.7. The molecular formula is C41H44N4O2. The molecule has 240 valence electrons. The predicted octanol–water partition coefficient (Wildman–Crippen LogP) is 7.97.